The van der Waals surface area contributed by atoms with Gasteiger partial charge in [0.1, 0.15) is 0 Å². The molecule has 1 unspecified atom stereocenters. The number of aryl methyl sites for hydroxylation is 1. The van der Waals surface area contributed by atoms with Gasteiger partial charge in [0, 0.05) is 24.7 Å². The summed E-state index contributed by atoms with van der Waals surface area (Å²) in [4.78, 5) is 14.1. The highest BCUT2D eigenvalue weighted by Crippen LogP contribution is 2.27. The summed E-state index contributed by atoms with van der Waals surface area (Å²) in [5.41, 5.74) is 2.37. The van der Waals surface area contributed by atoms with Crippen molar-refractivity contribution in [2.75, 3.05) is 25.0 Å². The Hall–Kier alpha value is -1.74. The second kappa shape index (κ2) is 9.17. The van der Waals surface area contributed by atoms with Gasteiger partial charge in [-0.15, -0.1) is 0 Å². The first-order valence-corrected chi connectivity index (χ1v) is 12.0. The molecule has 1 aromatic heterocycles. The molecule has 152 valence electrons. The van der Waals surface area contributed by atoms with Crippen LogP contribution in [0.4, 0.5) is 5.69 Å². The van der Waals surface area contributed by atoms with Crippen LogP contribution in [0.25, 0.3) is 0 Å². The highest BCUT2D eigenvalue weighted by atomic mass is 32.2. The number of carbonyl (C=O) groups is 1. The molecule has 1 saturated heterocycles. The summed E-state index contributed by atoms with van der Waals surface area (Å²) in [5, 5.41) is 6.88. The molecule has 1 aliphatic rings. The first-order chi connectivity index (χ1) is 13.4. The summed E-state index contributed by atoms with van der Waals surface area (Å²) in [6, 6.07) is 6.99. The lowest BCUT2D eigenvalue weighted by molar-refractivity contribution is -0.115. The number of nitrogens with one attached hydrogen (secondary N) is 2. The van der Waals surface area contributed by atoms with Crippen LogP contribution in [0.15, 0.2) is 39.9 Å². The third-order valence-corrected chi connectivity index (χ3v) is 7.33. The molecule has 3 rings (SSSR count). The van der Waals surface area contributed by atoms with E-state index in [1.165, 1.54) is 0 Å². The summed E-state index contributed by atoms with van der Waals surface area (Å²) in [6.07, 6.45) is 2.68. The summed E-state index contributed by atoms with van der Waals surface area (Å²) in [7, 11) is -3.64. The van der Waals surface area contributed by atoms with Gasteiger partial charge in [0.25, 0.3) is 0 Å². The van der Waals surface area contributed by atoms with E-state index in [9.17, 15) is 13.2 Å². The first kappa shape index (κ1) is 21.0. The van der Waals surface area contributed by atoms with E-state index in [4.69, 9.17) is 0 Å². The number of carbonyl (C=O) groups excluding carboxylic acids is 1. The Bertz CT molecular complexity index is 905. The molecule has 28 heavy (non-hydrogen) atoms. The monoisotopic (exact) mass is 421 g/mol. The van der Waals surface area contributed by atoms with E-state index >= 15 is 0 Å². The number of hydrogen-bond donors (Lipinski definition) is 2. The largest absolute Gasteiger partial charge is 0.326 e. The van der Waals surface area contributed by atoms with Crippen LogP contribution in [-0.2, 0) is 14.8 Å². The third kappa shape index (κ3) is 5.00. The average Bonchev–Trinajstić information content (AvgIpc) is 3.36. The summed E-state index contributed by atoms with van der Waals surface area (Å²) in [5.74, 6) is -0.0997. The minimum Gasteiger partial charge on any atom is -0.326 e. The van der Waals surface area contributed by atoms with Crippen molar-refractivity contribution < 1.29 is 13.2 Å². The van der Waals surface area contributed by atoms with Gasteiger partial charge in [0.05, 0.1) is 4.90 Å². The Morgan fingerprint density at radius 2 is 2.00 bits per heavy atom. The van der Waals surface area contributed by atoms with E-state index in [1.807, 2.05) is 5.38 Å². The highest BCUT2D eigenvalue weighted by molar-refractivity contribution is 7.89. The zero-order chi connectivity index (χ0) is 20.1. The molecule has 0 radical (unpaired) electrons. The number of sulfonamides is 1. The van der Waals surface area contributed by atoms with Crippen molar-refractivity contribution in [3.63, 3.8) is 0 Å². The van der Waals surface area contributed by atoms with Crippen LogP contribution in [0.1, 0.15) is 43.4 Å². The van der Waals surface area contributed by atoms with Gasteiger partial charge in [-0.05, 0) is 79.0 Å². The van der Waals surface area contributed by atoms with E-state index in [0.717, 1.165) is 31.5 Å². The van der Waals surface area contributed by atoms with Gasteiger partial charge in [-0.3, -0.25) is 9.69 Å². The molecule has 1 aromatic carbocycles. The summed E-state index contributed by atoms with van der Waals surface area (Å²) < 4.78 is 28.6. The number of nitrogens with zero attached hydrogens (tertiary/aromatic N) is 1. The Labute approximate surface area is 171 Å². The lowest BCUT2D eigenvalue weighted by Gasteiger charge is -2.27. The van der Waals surface area contributed by atoms with Crippen molar-refractivity contribution in [3.05, 3.63) is 46.2 Å². The van der Waals surface area contributed by atoms with Crippen LogP contribution in [0.5, 0.6) is 0 Å². The SMILES string of the molecule is CCC(=O)Nc1ccc(S(=O)(=O)NCC(c2ccsc2)N2CCCC2)c(C)c1. The molecule has 6 nitrogen and oxygen atoms in total. The minimum absolute atomic E-state index is 0.0481. The van der Waals surface area contributed by atoms with Crippen molar-refractivity contribution in [1.29, 1.82) is 0 Å². The van der Waals surface area contributed by atoms with Crippen molar-refractivity contribution in [2.24, 2.45) is 0 Å². The van der Waals surface area contributed by atoms with Gasteiger partial charge in [-0.1, -0.05) is 6.92 Å². The summed E-state index contributed by atoms with van der Waals surface area (Å²) in [6.45, 7) is 5.84. The standard InChI is InChI=1S/C20H27N3O3S2/c1-3-20(24)22-17-6-7-19(15(2)12-17)28(25,26)21-13-18(16-8-11-27-14-16)23-9-4-5-10-23/h6-8,11-12,14,18,21H,3-5,9-10,13H2,1-2H3,(H,22,24). The van der Waals surface area contributed by atoms with Gasteiger partial charge in [-0.25, -0.2) is 13.1 Å². The predicted octanol–water partition coefficient (Wildman–Crippen LogP) is 3.52. The smallest absolute Gasteiger partial charge is 0.240 e. The maximum Gasteiger partial charge on any atom is 0.240 e. The molecule has 0 saturated carbocycles. The highest BCUT2D eigenvalue weighted by Gasteiger charge is 2.26. The van der Waals surface area contributed by atoms with Gasteiger partial charge in [0.2, 0.25) is 15.9 Å². The Kier molecular flexibility index (Phi) is 6.87. The molecule has 2 aromatic rings. The Balaban J connectivity index is 1.74. The van der Waals surface area contributed by atoms with Crippen LogP contribution >= 0.6 is 11.3 Å². The zero-order valence-electron chi connectivity index (χ0n) is 16.3. The second-order valence-electron chi connectivity index (χ2n) is 7.05. The zero-order valence-corrected chi connectivity index (χ0v) is 17.9. The fourth-order valence-corrected chi connectivity index (χ4v) is 5.49. The van der Waals surface area contributed by atoms with E-state index in [-0.39, 0.29) is 16.8 Å². The van der Waals surface area contributed by atoms with Crippen LogP contribution in [-0.4, -0.2) is 38.9 Å². The fraction of sp³-hybridized carbons (Fsp3) is 0.450. The van der Waals surface area contributed by atoms with Crippen molar-refractivity contribution in [2.45, 2.75) is 44.0 Å². The third-order valence-electron chi connectivity index (χ3n) is 5.05. The van der Waals surface area contributed by atoms with Gasteiger partial charge >= 0.3 is 0 Å². The van der Waals surface area contributed by atoms with Crippen molar-refractivity contribution >= 4 is 33.0 Å². The summed E-state index contributed by atoms with van der Waals surface area (Å²) >= 11 is 1.63. The number of thiophene rings is 1. The number of hydrogen-bond acceptors (Lipinski definition) is 5. The second-order valence-corrected chi connectivity index (χ2v) is 9.56. The first-order valence-electron chi connectivity index (χ1n) is 9.57. The molecule has 1 aliphatic heterocycles. The Morgan fingerprint density at radius 3 is 2.61 bits per heavy atom. The number of benzene rings is 1. The molecule has 1 amide bonds. The van der Waals surface area contributed by atoms with Gasteiger partial charge < -0.3 is 5.32 Å². The minimum atomic E-state index is -3.64. The maximum absolute atomic E-state index is 12.9. The molecule has 8 heteroatoms. The van der Waals surface area contributed by atoms with E-state index in [2.05, 4.69) is 26.4 Å². The lowest BCUT2D eigenvalue weighted by Crippen LogP contribution is -2.36. The fourth-order valence-electron chi connectivity index (χ4n) is 3.52. The van der Waals surface area contributed by atoms with Crippen molar-refractivity contribution in [3.8, 4) is 0 Å². The lowest BCUT2D eigenvalue weighted by atomic mass is 10.1. The van der Waals surface area contributed by atoms with E-state index in [0.29, 0.717) is 24.2 Å². The maximum atomic E-state index is 12.9. The predicted molar refractivity (Wildman–Crippen MR) is 113 cm³/mol. The number of anilines is 1. The van der Waals surface area contributed by atoms with Crippen LogP contribution < -0.4 is 10.0 Å². The van der Waals surface area contributed by atoms with Crippen LogP contribution in [0.3, 0.4) is 0 Å². The number of likely N-dealkylation sites (tertiary alicyclic amines) is 1. The molecule has 0 spiro atoms. The van der Waals surface area contributed by atoms with Crippen molar-refractivity contribution in [1.82, 2.24) is 9.62 Å². The molecular weight excluding hydrogens is 394 g/mol. The molecule has 1 atom stereocenters. The molecule has 0 aliphatic carbocycles. The van der Waals surface area contributed by atoms with Gasteiger partial charge in [-0.2, -0.15) is 11.3 Å². The molecule has 2 heterocycles. The number of rotatable bonds is 8. The molecule has 2 N–H and O–H groups in total. The molecular formula is C20H27N3O3S2. The van der Waals surface area contributed by atoms with E-state index < -0.39 is 10.0 Å². The molecule has 0 bridgehead atoms. The molecule has 1 fully saturated rings. The topological polar surface area (TPSA) is 78.5 Å². The number of amides is 1. The van der Waals surface area contributed by atoms with Crippen LogP contribution in [0.2, 0.25) is 0 Å². The quantitative estimate of drug-likeness (QED) is 0.684. The van der Waals surface area contributed by atoms with Gasteiger partial charge in [0.15, 0.2) is 0 Å². The normalized spacial score (nSPS) is 16.2. The van der Waals surface area contributed by atoms with E-state index in [1.54, 1.807) is 43.4 Å². The van der Waals surface area contributed by atoms with Crippen LogP contribution in [0, 0.1) is 6.92 Å². The average molecular weight is 422 g/mol. The Morgan fingerprint density at radius 1 is 1.25 bits per heavy atom.